The van der Waals surface area contributed by atoms with E-state index in [1.54, 1.807) is 0 Å². The lowest BCUT2D eigenvalue weighted by molar-refractivity contribution is -0.153. The summed E-state index contributed by atoms with van der Waals surface area (Å²) < 4.78 is 5.40. The molecule has 4 nitrogen and oxygen atoms in total. The Kier molecular flexibility index (Phi) is 5.44. The molecular formula is C16H30N2O2. The van der Waals surface area contributed by atoms with Crippen molar-refractivity contribution in [2.75, 3.05) is 33.3 Å². The minimum atomic E-state index is -0.477. The van der Waals surface area contributed by atoms with E-state index in [4.69, 9.17) is 4.74 Å². The van der Waals surface area contributed by atoms with E-state index in [2.05, 4.69) is 24.2 Å². The Labute approximate surface area is 123 Å². The molecule has 116 valence electrons. The molecule has 0 aromatic carbocycles. The largest absolute Gasteiger partial charge is 0.465 e. The summed E-state index contributed by atoms with van der Waals surface area (Å²) in [6.45, 7) is 7.28. The van der Waals surface area contributed by atoms with E-state index in [0.717, 1.165) is 44.8 Å². The normalized spacial score (nSPS) is 21.8. The van der Waals surface area contributed by atoms with Crippen LogP contribution in [0.3, 0.4) is 0 Å². The van der Waals surface area contributed by atoms with Gasteiger partial charge in [0.15, 0.2) is 0 Å². The van der Waals surface area contributed by atoms with Crippen molar-refractivity contribution < 1.29 is 9.53 Å². The van der Waals surface area contributed by atoms with E-state index in [1.807, 2.05) is 6.92 Å². The van der Waals surface area contributed by atoms with Gasteiger partial charge in [0, 0.05) is 13.1 Å². The predicted molar refractivity (Wildman–Crippen MR) is 80.6 cm³/mol. The first-order chi connectivity index (χ1) is 9.62. The van der Waals surface area contributed by atoms with Crippen molar-refractivity contribution in [1.29, 1.82) is 0 Å². The van der Waals surface area contributed by atoms with Crippen LogP contribution in [0.15, 0.2) is 0 Å². The predicted octanol–water partition coefficient (Wildman–Crippen LogP) is 2.04. The number of nitrogens with one attached hydrogen (secondary N) is 1. The maximum atomic E-state index is 12.6. The van der Waals surface area contributed by atoms with Crippen LogP contribution >= 0.6 is 0 Å². The second-order valence-electron chi connectivity index (χ2n) is 6.53. The quantitative estimate of drug-likeness (QED) is 0.623. The summed E-state index contributed by atoms with van der Waals surface area (Å²) in [5.41, 5.74) is -0.477. The minimum Gasteiger partial charge on any atom is -0.465 e. The molecule has 0 aromatic rings. The summed E-state index contributed by atoms with van der Waals surface area (Å²) in [4.78, 5) is 14.9. The molecule has 4 heteroatoms. The summed E-state index contributed by atoms with van der Waals surface area (Å²) in [7, 11) is 2.14. The van der Waals surface area contributed by atoms with E-state index in [-0.39, 0.29) is 5.97 Å². The first-order valence-corrected chi connectivity index (χ1v) is 8.23. The van der Waals surface area contributed by atoms with Crippen molar-refractivity contribution in [2.24, 2.45) is 11.8 Å². The Hall–Kier alpha value is -0.610. The lowest BCUT2D eigenvalue weighted by Gasteiger charge is -2.36. The maximum absolute atomic E-state index is 12.6. The number of hydrogen-bond acceptors (Lipinski definition) is 4. The van der Waals surface area contributed by atoms with Gasteiger partial charge in [0.05, 0.1) is 6.61 Å². The van der Waals surface area contributed by atoms with Gasteiger partial charge in [0.25, 0.3) is 0 Å². The summed E-state index contributed by atoms with van der Waals surface area (Å²) in [6, 6.07) is 0. The number of hydrogen-bond donors (Lipinski definition) is 1. The fourth-order valence-corrected chi connectivity index (χ4v) is 3.05. The monoisotopic (exact) mass is 282 g/mol. The maximum Gasteiger partial charge on any atom is 0.327 e. The van der Waals surface area contributed by atoms with Crippen LogP contribution in [0.2, 0.25) is 0 Å². The third-order valence-electron chi connectivity index (χ3n) is 4.39. The molecule has 0 amide bonds. The molecule has 2 aliphatic rings. The fourth-order valence-electron chi connectivity index (χ4n) is 3.05. The van der Waals surface area contributed by atoms with Crippen LogP contribution in [0.5, 0.6) is 0 Å². The highest BCUT2D eigenvalue weighted by Crippen LogP contribution is 2.41. The molecule has 1 N–H and O–H groups in total. The minimum absolute atomic E-state index is 0.0430. The van der Waals surface area contributed by atoms with Gasteiger partial charge < -0.3 is 15.0 Å². The Bertz CT molecular complexity index is 326. The van der Waals surface area contributed by atoms with E-state index < -0.39 is 5.54 Å². The lowest BCUT2D eigenvalue weighted by Crippen LogP contribution is -2.61. The van der Waals surface area contributed by atoms with Crippen molar-refractivity contribution >= 4 is 5.97 Å². The molecule has 0 bridgehead atoms. The van der Waals surface area contributed by atoms with Crippen LogP contribution in [0.1, 0.15) is 46.0 Å². The number of likely N-dealkylation sites (N-methyl/N-ethyl adjacent to an activating group) is 1. The highest BCUT2D eigenvalue weighted by atomic mass is 16.5. The van der Waals surface area contributed by atoms with Gasteiger partial charge in [-0.3, -0.25) is 0 Å². The van der Waals surface area contributed by atoms with Crippen LogP contribution in [0.25, 0.3) is 0 Å². The van der Waals surface area contributed by atoms with Crippen molar-refractivity contribution in [3.8, 4) is 0 Å². The van der Waals surface area contributed by atoms with E-state index in [1.165, 1.54) is 12.8 Å². The molecule has 0 saturated heterocycles. The van der Waals surface area contributed by atoms with Gasteiger partial charge in [0.1, 0.15) is 5.54 Å². The van der Waals surface area contributed by atoms with Crippen molar-refractivity contribution in [3.63, 3.8) is 0 Å². The zero-order chi connectivity index (χ0) is 14.6. The molecule has 1 unspecified atom stereocenters. The average molecular weight is 282 g/mol. The van der Waals surface area contributed by atoms with E-state index >= 15 is 0 Å². The van der Waals surface area contributed by atoms with Gasteiger partial charge in [-0.2, -0.15) is 0 Å². The number of carbonyl (C=O) groups excluding carboxylic acids is 1. The molecule has 1 atom stereocenters. The Morgan fingerprint density at radius 1 is 1.30 bits per heavy atom. The van der Waals surface area contributed by atoms with Crippen LogP contribution in [0.4, 0.5) is 0 Å². The number of nitrogens with zero attached hydrogens (tertiary/aromatic N) is 1. The SMILES string of the molecule is CCCNC(CN(C)CC1CC1)(C(=O)OCC)C1CC1. The number of esters is 1. The van der Waals surface area contributed by atoms with Crippen molar-refractivity contribution in [2.45, 2.75) is 51.5 Å². The molecule has 20 heavy (non-hydrogen) atoms. The first-order valence-electron chi connectivity index (χ1n) is 8.23. The molecule has 0 aliphatic heterocycles. The Morgan fingerprint density at radius 2 is 2.00 bits per heavy atom. The number of carbonyl (C=O) groups is 1. The molecule has 0 spiro atoms. The molecule has 0 heterocycles. The number of ether oxygens (including phenoxy) is 1. The summed E-state index contributed by atoms with van der Waals surface area (Å²) in [5, 5.41) is 3.54. The van der Waals surface area contributed by atoms with Gasteiger partial charge in [-0.1, -0.05) is 6.92 Å². The van der Waals surface area contributed by atoms with Gasteiger partial charge in [-0.05, 0) is 64.5 Å². The van der Waals surface area contributed by atoms with E-state index in [9.17, 15) is 4.79 Å². The second-order valence-corrected chi connectivity index (χ2v) is 6.53. The van der Waals surface area contributed by atoms with Gasteiger partial charge in [-0.25, -0.2) is 4.79 Å². The summed E-state index contributed by atoms with van der Waals surface area (Å²) in [6.07, 6.45) is 6.03. The summed E-state index contributed by atoms with van der Waals surface area (Å²) >= 11 is 0. The third-order valence-corrected chi connectivity index (χ3v) is 4.39. The Balaban J connectivity index is 2.04. The third kappa shape index (κ3) is 3.95. The average Bonchev–Trinajstić information content (AvgIpc) is 3.25. The van der Waals surface area contributed by atoms with Crippen LogP contribution in [0, 0.1) is 11.8 Å². The molecule has 0 radical (unpaired) electrons. The van der Waals surface area contributed by atoms with Crippen molar-refractivity contribution in [3.05, 3.63) is 0 Å². The van der Waals surface area contributed by atoms with E-state index in [0.29, 0.717) is 12.5 Å². The topological polar surface area (TPSA) is 41.6 Å². The van der Waals surface area contributed by atoms with Crippen molar-refractivity contribution in [1.82, 2.24) is 10.2 Å². The van der Waals surface area contributed by atoms with Crippen LogP contribution in [-0.2, 0) is 9.53 Å². The number of rotatable bonds is 10. The van der Waals surface area contributed by atoms with Crippen LogP contribution in [-0.4, -0.2) is 49.7 Å². The molecule has 2 fully saturated rings. The first kappa shape index (κ1) is 15.8. The summed E-state index contributed by atoms with van der Waals surface area (Å²) in [5.74, 6) is 1.26. The standard InChI is InChI=1S/C16H30N2O2/c1-4-10-17-16(14-8-9-14,15(19)20-5-2)12-18(3)11-13-6-7-13/h13-14,17H,4-12H2,1-3H3. The zero-order valence-corrected chi connectivity index (χ0v) is 13.3. The molecular weight excluding hydrogens is 252 g/mol. The Morgan fingerprint density at radius 3 is 2.50 bits per heavy atom. The highest BCUT2D eigenvalue weighted by Gasteiger charge is 2.52. The van der Waals surface area contributed by atoms with Crippen LogP contribution < -0.4 is 5.32 Å². The van der Waals surface area contributed by atoms with Gasteiger partial charge in [0.2, 0.25) is 0 Å². The fraction of sp³-hybridized carbons (Fsp3) is 0.938. The van der Waals surface area contributed by atoms with Gasteiger partial charge >= 0.3 is 5.97 Å². The van der Waals surface area contributed by atoms with Gasteiger partial charge in [-0.15, -0.1) is 0 Å². The molecule has 0 aromatic heterocycles. The molecule has 2 rings (SSSR count). The highest BCUT2D eigenvalue weighted by molar-refractivity contribution is 5.82. The zero-order valence-electron chi connectivity index (χ0n) is 13.3. The smallest absolute Gasteiger partial charge is 0.327 e. The molecule has 2 aliphatic carbocycles. The second kappa shape index (κ2) is 6.90. The lowest BCUT2D eigenvalue weighted by atomic mass is 9.91. The molecule has 2 saturated carbocycles.